The molecule has 148 valence electrons. The van der Waals surface area contributed by atoms with Gasteiger partial charge in [0.1, 0.15) is 5.69 Å². The van der Waals surface area contributed by atoms with E-state index in [2.05, 4.69) is 42.8 Å². The molecule has 0 unspecified atom stereocenters. The summed E-state index contributed by atoms with van der Waals surface area (Å²) in [6.07, 6.45) is 7.00. The first-order valence-corrected chi connectivity index (χ1v) is 9.68. The fourth-order valence-corrected chi connectivity index (χ4v) is 3.46. The summed E-state index contributed by atoms with van der Waals surface area (Å²) in [5.74, 6) is 0.407. The molecule has 0 spiro atoms. The average Bonchev–Trinajstić information content (AvgIpc) is 3.11. The Morgan fingerprint density at radius 2 is 2.00 bits per heavy atom. The van der Waals surface area contributed by atoms with Crippen LogP contribution >= 0.6 is 0 Å². The lowest BCUT2D eigenvalue weighted by atomic mass is 9.92. The number of ether oxygens (including phenoxy) is 1. The standard InChI is InChI=1S/C23H24N4O2/c1-13(2)27(4)22-21(15-6-8-18-17(10-15)14(3)12-24-18)25-19-9-7-16(23(28)29-5)11-20(19)26-22/h6-7,9-13H,8H2,1-5H3. The zero-order valence-electron chi connectivity index (χ0n) is 17.4. The summed E-state index contributed by atoms with van der Waals surface area (Å²) < 4.78 is 4.84. The number of carbonyl (C=O) groups is 1. The molecule has 1 aliphatic heterocycles. The molecule has 2 heterocycles. The molecule has 0 saturated carbocycles. The van der Waals surface area contributed by atoms with Gasteiger partial charge in [-0.15, -0.1) is 0 Å². The molecular formula is C23H24N4O2. The number of methoxy groups -OCH3 is 1. The monoisotopic (exact) mass is 388 g/mol. The number of carbonyl (C=O) groups excluding carboxylic acids is 1. The molecule has 1 aromatic heterocycles. The fourth-order valence-electron chi connectivity index (χ4n) is 3.46. The van der Waals surface area contributed by atoms with Gasteiger partial charge in [0, 0.05) is 36.9 Å². The summed E-state index contributed by atoms with van der Waals surface area (Å²) in [4.78, 5) is 28.3. The van der Waals surface area contributed by atoms with Crippen molar-refractivity contribution in [1.29, 1.82) is 0 Å². The fraction of sp³-hybridized carbons (Fsp3) is 0.304. The molecule has 0 fully saturated rings. The Hall–Kier alpha value is -3.28. The number of benzene rings is 1. The van der Waals surface area contributed by atoms with Gasteiger partial charge in [0.2, 0.25) is 0 Å². The molecule has 0 bridgehead atoms. The molecule has 4 rings (SSSR count). The first-order chi connectivity index (χ1) is 13.9. The molecule has 2 aliphatic rings. The SMILES string of the molecule is COC(=O)c1ccc2nc(C3=CCC4=NC=C(C)C4=C3)c(N(C)C(C)C)nc2c1. The van der Waals surface area contributed by atoms with E-state index in [9.17, 15) is 4.79 Å². The minimum atomic E-state index is -0.383. The van der Waals surface area contributed by atoms with Crippen molar-refractivity contribution in [3.63, 3.8) is 0 Å². The lowest BCUT2D eigenvalue weighted by molar-refractivity contribution is 0.0601. The Labute approximate surface area is 170 Å². The van der Waals surface area contributed by atoms with Gasteiger partial charge >= 0.3 is 5.97 Å². The average molecular weight is 388 g/mol. The molecule has 1 aliphatic carbocycles. The van der Waals surface area contributed by atoms with Crippen LogP contribution in [0.3, 0.4) is 0 Å². The van der Waals surface area contributed by atoms with Crippen LogP contribution in [-0.2, 0) is 4.74 Å². The maximum absolute atomic E-state index is 11.9. The summed E-state index contributed by atoms with van der Waals surface area (Å²) in [7, 11) is 3.39. The number of esters is 1. The molecular weight excluding hydrogens is 364 g/mol. The smallest absolute Gasteiger partial charge is 0.337 e. The number of rotatable bonds is 4. The highest BCUT2D eigenvalue weighted by molar-refractivity contribution is 6.11. The second-order valence-electron chi connectivity index (χ2n) is 7.61. The van der Waals surface area contributed by atoms with Crippen molar-refractivity contribution in [2.45, 2.75) is 33.2 Å². The highest BCUT2D eigenvalue weighted by Crippen LogP contribution is 2.34. The number of aliphatic imine (C=N–C) groups is 1. The van der Waals surface area contributed by atoms with Crippen molar-refractivity contribution in [2.24, 2.45) is 4.99 Å². The predicted molar refractivity (Wildman–Crippen MR) is 116 cm³/mol. The zero-order chi connectivity index (χ0) is 20.7. The highest BCUT2D eigenvalue weighted by atomic mass is 16.5. The minimum Gasteiger partial charge on any atom is -0.465 e. The Balaban J connectivity index is 1.88. The van der Waals surface area contributed by atoms with E-state index in [1.165, 1.54) is 18.3 Å². The minimum absolute atomic E-state index is 0.242. The van der Waals surface area contributed by atoms with Crippen molar-refractivity contribution in [1.82, 2.24) is 9.97 Å². The van der Waals surface area contributed by atoms with Crippen LogP contribution in [0.5, 0.6) is 0 Å². The summed E-state index contributed by atoms with van der Waals surface area (Å²) in [5, 5.41) is 0. The topological polar surface area (TPSA) is 67.7 Å². The van der Waals surface area contributed by atoms with Crippen molar-refractivity contribution >= 4 is 34.1 Å². The summed E-state index contributed by atoms with van der Waals surface area (Å²) in [6.45, 7) is 6.30. The van der Waals surface area contributed by atoms with Crippen LogP contribution in [0.25, 0.3) is 16.6 Å². The zero-order valence-corrected chi connectivity index (χ0v) is 17.4. The second kappa shape index (κ2) is 7.28. The van der Waals surface area contributed by atoms with Crippen molar-refractivity contribution in [3.8, 4) is 0 Å². The van der Waals surface area contributed by atoms with Gasteiger partial charge in [-0.3, -0.25) is 4.99 Å². The maximum Gasteiger partial charge on any atom is 0.337 e. The second-order valence-corrected chi connectivity index (χ2v) is 7.61. The molecule has 1 aromatic carbocycles. The third-order valence-electron chi connectivity index (χ3n) is 5.41. The molecule has 0 atom stereocenters. The van der Waals surface area contributed by atoms with Crippen LogP contribution in [0.1, 0.15) is 43.2 Å². The number of fused-ring (bicyclic) bond motifs is 2. The molecule has 6 nitrogen and oxygen atoms in total. The van der Waals surface area contributed by atoms with E-state index in [0.29, 0.717) is 11.1 Å². The number of nitrogens with zero attached hydrogens (tertiary/aromatic N) is 4. The Bertz CT molecular complexity index is 1140. The van der Waals surface area contributed by atoms with Gasteiger partial charge in [0.25, 0.3) is 0 Å². The molecule has 6 heteroatoms. The number of hydrogen-bond donors (Lipinski definition) is 0. The van der Waals surface area contributed by atoms with Gasteiger partial charge in [0.15, 0.2) is 5.82 Å². The van der Waals surface area contributed by atoms with Gasteiger partial charge in [-0.25, -0.2) is 14.8 Å². The van der Waals surface area contributed by atoms with Gasteiger partial charge in [0.05, 0.1) is 29.4 Å². The van der Waals surface area contributed by atoms with E-state index in [1.54, 1.807) is 12.1 Å². The van der Waals surface area contributed by atoms with Gasteiger partial charge in [-0.05, 0) is 50.6 Å². The van der Waals surface area contributed by atoms with E-state index in [4.69, 9.17) is 14.7 Å². The lowest BCUT2D eigenvalue weighted by Crippen LogP contribution is -2.28. The summed E-state index contributed by atoms with van der Waals surface area (Å²) in [5.41, 5.74) is 7.19. The third kappa shape index (κ3) is 3.35. The Morgan fingerprint density at radius 3 is 2.72 bits per heavy atom. The largest absolute Gasteiger partial charge is 0.465 e. The van der Waals surface area contributed by atoms with Crippen LogP contribution < -0.4 is 4.90 Å². The van der Waals surface area contributed by atoms with Crippen molar-refractivity contribution < 1.29 is 9.53 Å². The van der Waals surface area contributed by atoms with Crippen LogP contribution in [-0.4, -0.2) is 41.8 Å². The van der Waals surface area contributed by atoms with Gasteiger partial charge in [-0.1, -0.05) is 6.08 Å². The van der Waals surface area contributed by atoms with E-state index in [0.717, 1.165) is 34.7 Å². The number of allylic oxidation sites excluding steroid dienone is 5. The first-order valence-electron chi connectivity index (χ1n) is 9.68. The predicted octanol–water partition coefficient (Wildman–Crippen LogP) is 4.33. The molecule has 29 heavy (non-hydrogen) atoms. The highest BCUT2D eigenvalue weighted by Gasteiger charge is 2.23. The molecule has 0 amide bonds. The van der Waals surface area contributed by atoms with Gasteiger partial charge < -0.3 is 9.64 Å². The van der Waals surface area contributed by atoms with Crippen LogP contribution in [0.4, 0.5) is 5.82 Å². The van der Waals surface area contributed by atoms with Crippen LogP contribution in [0, 0.1) is 0 Å². The van der Waals surface area contributed by atoms with Crippen LogP contribution in [0.15, 0.2) is 52.7 Å². The Morgan fingerprint density at radius 1 is 1.21 bits per heavy atom. The van der Waals surface area contributed by atoms with Crippen molar-refractivity contribution in [2.75, 3.05) is 19.1 Å². The third-order valence-corrected chi connectivity index (χ3v) is 5.41. The van der Waals surface area contributed by atoms with E-state index in [-0.39, 0.29) is 12.0 Å². The lowest BCUT2D eigenvalue weighted by Gasteiger charge is -2.26. The molecule has 2 aromatic rings. The molecule has 0 saturated heterocycles. The summed E-state index contributed by atoms with van der Waals surface area (Å²) in [6, 6.07) is 5.52. The maximum atomic E-state index is 11.9. The van der Waals surface area contributed by atoms with Crippen LogP contribution in [0.2, 0.25) is 0 Å². The molecule has 0 N–H and O–H groups in total. The Kier molecular flexibility index (Phi) is 4.78. The number of aromatic nitrogens is 2. The normalized spacial score (nSPS) is 15.5. The van der Waals surface area contributed by atoms with Gasteiger partial charge in [-0.2, -0.15) is 0 Å². The molecule has 0 radical (unpaired) electrons. The van der Waals surface area contributed by atoms with Crippen molar-refractivity contribution in [3.05, 3.63) is 59.0 Å². The van der Waals surface area contributed by atoms with E-state index >= 15 is 0 Å². The van der Waals surface area contributed by atoms with E-state index in [1.807, 2.05) is 19.3 Å². The number of hydrogen-bond acceptors (Lipinski definition) is 6. The number of anilines is 1. The summed E-state index contributed by atoms with van der Waals surface area (Å²) >= 11 is 0. The quantitative estimate of drug-likeness (QED) is 0.729. The first kappa shape index (κ1) is 19.1. The van der Waals surface area contributed by atoms with E-state index < -0.39 is 0 Å².